The van der Waals surface area contributed by atoms with E-state index in [0.29, 0.717) is 0 Å². The van der Waals surface area contributed by atoms with Crippen molar-refractivity contribution in [3.63, 3.8) is 0 Å². The first-order valence-electron chi connectivity index (χ1n) is 6.58. The van der Waals surface area contributed by atoms with Gasteiger partial charge in [-0.05, 0) is 56.2 Å². The lowest BCUT2D eigenvalue weighted by molar-refractivity contribution is 1.34. The number of aliphatic imine (C=N–C) groups is 1. The van der Waals surface area contributed by atoms with E-state index in [0.717, 1.165) is 33.1 Å². The molecule has 2 aromatic carbocycles. The minimum Gasteiger partial charge on any atom is -0.346 e. The standard InChI is InChI=1S/C17H18N2S/c1-4-18-16-11-12(2)15(10-13(16)3)17(20)19-14-8-6-5-7-9-14/h4-11H,1-3H3,(H,19,20). The van der Waals surface area contributed by atoms with E-state index >= 15 is 0 Å². The lowest BCUT2D eigenvalue weighted by Crippen LogP contribution is -2.12. The fourth-order valence-corrected chi connectivity index (χ4v) is 2.38. The zero-order chi connectivity index (χ0) is 14.5. The van der Waals surface area contributed by atoms with Crippen LogP contribution in [0, 0.1) is 13.8 Å². The van der Waals surface area contributed by atoms with E-state index in [2.05, 4.69) is 36.3 Å². The van der Waals surface area contributed by atoms with Crippen molar-refractivity contribution in [1.29, 1.82) is 0 Å². The van der Waals surface area contributed by atoms with Gasteiger partial charge in [-0.15, -0.1) is 0 Å². The molecule has 20 heavy (non-hydrogen) atoms. The zero-order valence-corrected chi connectivity index (χ0v) is 12.8. The highest BCUT2D eigenvalue weighted by atomic mass is 32.1. The first-order valence-corrected chi connectivity index (χ1v) is 6.99. The molecule has 0 spiro atoms. The number of rotatable bonds is 3. The Morgan fingerprint density at radius 3 is 2.45 bits per heavy atom. The molecule has 0 atom stereocenters. The third-order valence-corrected chi connectivity index (χ3v) is 3.41. The van der Waals surface area contributed by atoms with Gasteiger partial charge < -0.3 is 5.32 Å². The molecule has 0 aliphatic rings. The van der Waals surface area contributed by atoms with Crippen LogP contribution in [0.2, 0.25) is 0 Å². The Morgan fingerprint density at radius 2 is 1.80 bits per heavy atom. The number of anilines is 1. The fourth-order valence-electron chi connectivity index (χ4n) is 2.04. The first kappa shape index (κ1) is 14.4. The Kier molecular flexibility index (Phi) is 4.64. The zero-order valence-electron chi connectivity index (χ0n) is 12.0. The monoisotopic (exact) mass is 282 g/mol. The van der Waals surface area contributed by atoms with E-state index < -0.39 is 0 Å². The number of para-hydroxylation sites is 1. The molecule has 2 aromatic rings. The molecule has 0 amide bonds. The molecule has 0 heterocycles. The lowest BCUT2D eigenvalue weighted by atomic mass is 10.0. The Bertz CT molecular complexity index is 646. The number of hydrogen-bond donors (Lipinski definition) is 1. The Hall–Kier alpha value is -2.00. The van der Waals surface area contributed by atoms with Gasteiger partial charge in [-0.1, -0.05) is 30.4 Å². The van der Waals surface area contributed by atoms with Gasteiger partial charge in [-0.25, -0.2) is 0 Å². The summed E-state index contributed by atoms with van der Waals surface area (Å²) in [7, 11) is 0. The SMILES string of the molecule is CC=Nc1cc(C)c(C(=S)Nc2ccccc2)cc1C. The summed E-state index contributed by atoms with van der Waals surface area (Å²) >= 11 is 5.51. The highest BCUT2D eigenvalue weighted by Gasteiger charge is 2.08. The van der Waals surface area contributed by atoms with Crippen LogP contribution < -0.4 is 5.32 Å². The Balaban J connectivity index is 2.29. The molecule has 0 saturated carbocycles. The molecule has 0 bridgehead atoms. The summed E-state index contributed by atoms with van der Waals surface area (Å²) in [6.07, 6.45) is 1.81. The van der Waals surface area contributed by atoms with Crippen LogP contribution >= 0.6 is 12.2 Å². The number of aryl methyl sites for hydroxylation is 2. The first-order chi connectivity index (χ1) is 9.61. The molecule has 0 saturated heterocycles. The van der Waals surface area contributed by atoms with Gasteiger partial charge in [-0.2, -0.15) is 0 Å². The van der Waals surface area contributed by atoms with Gasteiger partial charge in [-0.3, -0.25) is 4.99 Å². The average molecular weight is 282 g/mol. The highest BCUT2D eigenvalue weighted by molar-refractivity contribution is 7.81. The summed E-state index contributed by atoms with van der Waals surface area (Å²) in [5.41, 5.74) is 5.31. The van der Waals surface area contributed by atoms with Crippen LogP contribution in [-0.4, -0.2) is 11.2 Å². The summed E-state index contributed by atoms with van der Waals surface area (Å²) in [5.74, 6) is 0. The predicted octanol–water partition coefficient (Wildman–Crippen LogP) is 4.81. The quantitative estimate of drug-likeness (QED) is 0.645. The van der Waals surface area contributed by atoms with Crippen molar-refractivity contribution >= 4 is 34.8 Å². The maximum absolute atomic E-state index is 5.51. The highest BCUT2D eigenvalue weighted by Crippen LogP contribution is 2.24. The van der Waals surface area contributed by atoms with Gasteiger partial charge in [0.1, 0.15) is 4.99 Å². The van der Waals surface area contributed by atoms with Crippen molar-refractivity contribution in [3.8, 4) is 0 Å². The van der Waals surface area contributed by atoms with Crippen LogP contribution in [0.5, 0.6) is 0 Å². The van der Waals surface area contributed by atoms with Gasteiger partial charge in [0.25, 0.3) is 0 Å². The maximum Gasteiger partial charge on any atom is 0.111 e. The molecule has 0 aliphatic carbocycles. The normalized spacial score (nSPS) is 10.8. The minimum absolute atomic E-state index is 0.740. The van der Waals surface area contributed by atoms with Crippen molar-refractivity contribution in [2.75, 3.05) is 5.32 Å². The molecular weight excluding hydrogens is 264 g/mol. The Labute approximate surface area is 125 Å². The molecule has 2 rings (SSSR count). The van der Waals surface area contributed by atoms with E-state index in [1.165, 1.54) is 0 Å². The number of nitrogens with zero attached hydrogens (tertiary/aromatic N) is 1. The van der Waals surface area contributed by atoms with Crippen LogP contribution in [-0.2, 0) is 0 Å². The van der Waals surface area contributed by atoms with Crippen molar-refractivity contribution in [2.24, 2.45) is 4.99 Å². The van der Waals surface area contributed by atoms with Crippen LogP contribution in [0.1, 0.15) is 23.6 Å². The molecular formula is C17H18N2S. The summed E-state index contributed by atoms with van der Waals surface area (Å²) in [5, 5.41) is 3.27. The molecule has 0 unspecified atom stereocenters. The smallest absolute Gasteiger partial charge is 0.111 e. The fraction of sp³-hybridized carbons (Fsp3) is 0.176. The number of benzene rings is 2. The second-order valence-corrected chi connectivity index (χ2v) is 5.07. The lowest BCUT2D eigenvalue weighted by Gasteiger charge is -2.13. The van der Waals surface area contributed by atoms with Gasteiger partial charge in [0, 0.05) is 17.5 Å². The topological polar surface area (TPSA) is 24.4 Å². The summed E-state index contributed by atoms with van der Waals surface area (Å²) in [6.45, 7) is 6.03. The van der Waals surface area contributed by atoms with Crippen LogP contribution in [0.25, 0.3) is 0 Å². The number of hydrogen-bond acceptors (Lipinski definition) is 2. The maximum atomic E-state index is 5.51. The summed E-state index contributed by atoms with van der Waals surface area (Å²) in [4.78, 5) is 5.10. The van der Waals surface area contributed by atoms with Gasteiger partial charge >= 0.3 is 0 Å². The third-order valence-electron chi connectivity index (χ3n) is 3.09. The van der Waals surface area contributed by atoms with Crippen LogP contribution in [0.15, 0.2) is 47.5 Å². The van der Waals surface area contributed by atoms with E-state index in [1.54, 1.807) is 0 Å². The van der Waals surface area contributed by atoms with E-state index in [4.69, 9.17) is 12.2 Å². The molecule has 102 valence electrons. The molecule has 2 nitrogen and oxygen atoms in total. The average Bonchev–Trinajstić information content (AvgIpc) is 2.43. The van der Waals surface area contributed by atoms with Crippen molar-refractivity contribution in [3.05, 3.63) is 59.2 Å². The van der Waals surface area contributed by atoms with E-state index in [9.17, 15) is 0 Å². The number of thiocarbonyl (C=S) groups is 1. The largest absolute Gasteiger partial charge is 0.346 e. The molecule has 0 aromatic heterocycles. The van der Waals surface area contributed by atoms with Crippen molar-refractivity contribution in [1.82, 2.24) is 0 Å². The van der Waals surface area contributed by atoms with Crippen molar-refractivity contribution < 1.29 is 0 Å². The van der Waals surface area contributed by atoms with Gasteiger partial charge in [0.2, 0.25) is 0 Å². The number of nitrogens with one attached hydrogen (secondary N) is 1. The summed E-state index contributed by atoms with van der Waals surface area (Å²) < 4.78 is 0. The van der Waals surface area contributed by atoms with Gasteiger partial charge in [0.05, 0.1) is 5.69 Å². The van der Waals surface area contributed by atoms with Crippen LogP contribution in [0.4, 0.5) is 11.4 Å². The second-order valence-electron chi connectivity index (χ2n) is 4.66. The minimum atomic E-state index is 0.740. The summed E-state index contributed by atoms with van der Waals surface area (Å²) in [6, 6.07) is 14.1. The van der Waals surface area contributed by atoms with Gasteiger partial charge in [0.15, 0.2) is 0 Å². The van der Waals surface area contributed by atoms with Crippen LogP contribution in [0.3, 0.4) is 0 Å². The van der Waals surface area contributed by atoms with Crippen molar-refractivity contribution in [2.45, 2.75) is 20.8 Å². The predicted molar refractivity (Wildman–Crippen MR) is 91.5 cm³/mol. The second kappa shape index (κ2) is 6.44. The Morgan fingerprint density at radius 1 is 1.10 bits per heavy atom. The molecule has 0 aliphatic heterocycles. The third kappa shape index (κ3) is 3.31. The molecule has 0 fully saturated rings. The molecule has 3 heteroatoms. The van der Waals surface area contributed by atoms with E-state index in [-0.39, 0.29) is 0 Å². The molecule has 1 N–H and O–H groups in total. The van der Waals surface area contributed by atoms with E-state index in [1.807, 2.05) is 43.5 Å². The molecule has 0 radical (unpaired) electrons.